The number of carbonyl (C=O) groups excluding carboxylic acids is 1. The third kappa shape index (κ3) is 7.47. The number of nitrogens with zero attached hydrogens (tertiary/aromatic N) is 1. The van der Waals surface area contributed by atoms with E-state index in [1.54, 1.807) is 19.2 Å². The van der Waals surface area contributed by atoms with Crippen LogP contribution in [0.4, 0.5) is 0 Å². The van der Waals surface area contributed by atoms with E-state index in [1.807, 2.05) is 30.3 Å². The van der Waals surface area contributed by atoms with Crippen molar-refractivity contribution in [3.8, 4) is 17.4 Å². The Morgan fingerprint density at radius 2 is 1.85 bits per heavy atom. The molecule has 0 radical (unpaired) electrons. The molecule has 8 heteroatoms. The van der Waals surface area contributed by atoms with E-state index in [-0.39, 0.29) is 30.7 Å². The molecule has 0 fully saturated rings. The van der Waals surface area contributed by atoms with E-state index in [4.69, 9.17) is 15.2 Å². The van der Waals surface area contributed by atoms with Crippen molar-refractivity contribution in [3.63, 3.8) is 0 Å². The zero-order valence-electron chi connectivity index (χ0n) is 14.8. The van der Waals surface area contributed by atoms with E-state index >= 15 is 0 Å². The van der Waals surface area contributed by atoms with Crippen molar-refractivity contribution in [1.82, 2.24) is 10.3 Å². The van der Waals surface area contributed by atoms with Gasteiger partial charge in [0.2, 0.25) is 11.8 Å². The molecule has 1 heterocycles. The topological polar surface area (TPSA) is 86.5 Å². The summed E-state index contributed by atoms with van der Waals surface area (Å²) in [6.07, 6.45) is 2.60. The minimum Gasteiger partial charge on any atom is -0.494 e. The van der Waals surface area contributed by atoms with E-state index in [0.29, 0.717) is 24.8 Å². The number of nitrogens with two attached hydrogens (primary N) is 1. The first-order chi connectivity index (χ1) is 11.6. The van der Waals surface area contributed by atoms with E-state index in [0.717, 1.165) is 17.7 Å². The molecule has 0 spiro atoms. The van der Waals surface area contributed by atoms with Gasteiger partial charge >= 0.3 is 0 Å². The average Bonchev–Trinajstić information content (AvgIpc) is 2.60. The Hall–Kier alpha value is -2.02. The molecule has 0 bridgehead atoms. The number of rotatable bonds is 8. The number of hydrogen-bond donors (Lipinski definition) is 2. The predicted octanol–water partition coefficient (Wildman–Crippen LogP) is 3.47. The molecule has 0 saturated carbocycles. The molecule has 1 atom stereocenters. The molecule has 0 unspecified atom stereocenters. The molecular formula is C18H25Cl2N3O3. The van der Waals surface area contributed by atoms with Gasteiger partial charge in [-0.15, -0.1) is 24.8 Å². The van der Waals surface area contributed by atoms with Gasteiger partial charge in [-0.2, -0.15) is 0 Å². The number of ether oxygens (including phenoxy) is 2. The predicted molar refractivity (Wildman–Crippen MR) is 107 cm³/mol. The van der Waals surface area contributed by atoms with Gasteiger partial charge in [-0.25, -0.2) is 4.98 Å². The maximum absolute atomic E-state index is 11.6. The summed E-state index contributed by atoms with van der Waals surface area (Å²) in [7, 11) is 0. The Morgan fingerprint density at radius 1 is 1.19 bits per heavy atom. The highest BCUT2D eigenvalue weighted by Crippen LogP contribution is 2.25. The highest BCUT2D eigenvalue weighted by atomic mass is 35.5. The third-order valence-corrected chi connectivity index (χ3v) is 3.23. The summed E-state index contributed by atoms with van der Waals surface area (Å²) in [5.74, 6) is 1.68. The van der Waals surface area contributed by atoms with Gasteiger partial charge in [0.15, 0.2) is 0 Å². The molecular weight excluding hydrogens is 377 g/mol. The standard InChI is InChI=1S/C18H23N3O3.2ClH/c1-3-11-23-15-6-8-16(9-7-15)24-18-14(5-4-10-20-18)12-21-17(22)13(2)19;;/h4-10,13H,3,11-12,19H2,1-2H3,(H,21,22);2*1H/t13-;;/m1../s1. The van der Waals surface area contributed by atoms with Crippen molar-refractivity contribution in [1.29, 1.82) is 0 Å². The molecule has 0 aliphatic heterocycles. The lowest BCUT2D eigenvalue weighted by atomic mass is 10.2. The number of pyridine rings is 1. The van der Waals surface area contributed by atoms with Crippen LogP contribution in [0.15, 0.2) is 42.6 Å². The number of aromatic nitrogens is 1. The lowest BCUT2D eigenvalue weighted by Gasteiger charge is -2.12. The van der Waals surface area contributed by atoms with Crippen LogP contribution >= 0.6 is 24.8 Å². The monoisotopic (exact) mass is 401 g/mol. The number of hydrogen-bond acceptors (Lipinski definition) is 5. The van der Waals surface area contributed by atoms with Gasteiger partial charge < -0.3 is 20.5 Å². The summed E-state index contributed by atoms with van der Waals surface area (Å²) < 4.78 is 11.4. The first kappa shape index (κ1) is 24.0. The van der Waals surface area contributed by atoms with Crippen molar-refractivity contribution < 1.29 is 14.3 Å². The number of carbonyl (C=O) groups is 1. The lowest BCUT2D eigenvalue weighted by molar-refractivity contribution is -0.122. The van der Waals surface area contributed by atoms with E-state index in [2.05, 4.69) is 17.2 Å². The second kappa shape index (κ2) is 12.4. The number of halogens is 2. The minimum absolute atomic E-state index is 0. The Bertz CT molecular complexity index is 667. The second-order valence-corrected chi connectivity index (χ2v) is 5.40. The third-order valence-electron chi connectivity index (χ3n) is 3.23. The van der Waals surface area contributed by atoms with E-state index in [1.165, 1.54) is 0 Å². The van der Waals surface area contributed by atoms with Gasteiger partial charge in [0, 0.05) is 18.3 Å². The summed E-state index contributed by atoms with van der Waals surface area (Å²) >= 11 is 0. The van der Waals surface area contributed by atoms with Crippen LogP contribution in [-0.2, 0) is 11.3 Å². The quantitative estimate of drug-likeness (QED) is 0.706. The highest BCUT2D eigenvalue weighted by molar-refractivity contribution is 5.85. The van der Waals surface area contributed by atoms with Gasteiger partial charge in [0.05, 0.1) is 12.6 Å². The van der Waals surface area contributed by atoms with E-state index < -0.39 is 6.04 Å². The zero-order valence-corrected chi connectivity index (χ0v) is 16.4. The zero-order chi connectivity index (χ0) is 17.4. The maximum Gasteiger partial charge on any atom is 0.236 e. The van der Waals surface area contributed by atoms with Gasteiger partial charge in [-0.1, -0.05) is 13.0 Å². The molecule has 2 aromatic rings. The van der Waals surface area contributed by atoms with Crippen LogP contribution in [0.2, 0.25) is 0 Å². The van der Waals surface area contributed by atoms with Crippen molar-refractivity contribution in [2.75, 3.05) is 6.61 Å². The van der Waals surface area contributed by atoms with Crippen LogP contribution in [0.1, 0.15) is 25.8 Å². The van der Waals surface area contributed by atoms with Crippen LogP contribution in [0.3, 0.4) is 0 Å². The Morgan fingerprint density at radius 3 is 2.46 bits per heavy atom. The van der Waals surface area contributed by atoms with Gasteiger partial charge in [-0.05, 0) is 43.7 Å². The summed E-state index contributed by atoms with van der Waals surface area (Å²) in [6, 6.07) is 10.4. The highest BCUT2D eigenvalue weighted by Gasteiger charge is 2.10. The maximum atomic E-state index is 11.6. The summed E-state index contributed by atoms with van der Waals surface area (Å²) in [6.45, 7) is 4.69. The first-order valence-electron chi connectivity index (χ1n) is 7.98. The summed E-state index contributed by atoms with van der Waals surface area (Å²) in [5, 5.41) is 2.75. The molecule has 0 aliphatic rings. The Labute approximate surface area is 166 Å². The van der Waals surface area contributed by atoms with Crippen molar-refractivity contribution in [3.05, 3.63) is 48.2 Å². The number of amides is 1. The molecule has 6 nitrogen and oxygen atoms in total. The van der Waals surface area contributed by atoms with Crippen LogP contribution in [-0.4, -0.2) is 23.5 Å². The molecule has 1 amide bonds. The van der Waals surface area contributed by atoms with Crippen molar-refractivity contribution >= 4 is 30.7 Å². The molecule has 26 heavy (non-hydrogen) atoms. The van der Waals surface area contributed by atoms with Crippen LogP contribution < -0.4 is 20.5 Å². The van der Waals surface area contributed by atoms with E-state index in [9.17, 15) is 4.79 Å². The average molecular weight is 402 g/mol. The second-order valence-electron chi connectivity index (χ2n) is 5.40. The molecule has 1 aromatic carbocycles. The minimum atomic E-state index is -0.554. The number of benzene rings is 1. The van der Waals surface area contributed by atoms with Crippen LogP contribution in [0.5, 0.6) is 17.4 Å². The summed E-state index contributed by atoms with van der Waals surface area (Å²) in [4.78, 5) is 15.8. The molecule has 1 aromatic heterocycles. The lowest BCUT2D eigenvalue weighted by Crippen LogP contribution is -2.37. The van der Waals surface area contributed by atoms with Gasteiger partial charge in [-0.3, -0.25) is 4.79 Å². The van der Waals surface area contributed by atoms with Crippen LogP contribution in [0.25, 0.3) is 0 Å². The van der Waals surface area contributed by atoms with Crippen molar-refractivity contribution in [2.24, 2.45) is 5.73 Å². The molecule has 144 valence electrons. The van der Waals surface area contributed by atoms with Gasteiger partial charge in [0.1, 0.15) is 11.5 Å². The molecule has 3 N–H and O–H groups in total. The largest absolute Gasteiger partial charge is 0.494 e. The first-order valence-corrected chi connectivity index (χ1v) is 7.98. The Kier molecular flexibility index (Phi) is 11.4. The van der Waals surface area contributed by atoms with Crippen LogP contribution in [0, 0.1) is 0 Å². The number of nitrogens with one attached hydrogen (secondary N) is 1. The molecule has 2 rings (SSSR count). The fraction of sp³-hybridized carbons (Fsp3) is 0.333. The SMILES string of the molecule is CCCOc1ccc(Oc2ncccc2CNC(=O)[C@@H](C)N)cc1.Cl.Cl. The fourth-order valence-electron chi connectivity index (χ4n) is 1.93. The smallest absolute Gasteiger partial charge is 0.236 e. The normalized spacial score (nSPS) is 10.7. The fourth-order valence-corrected chi connectivity index (χ4v) is 1.93. The molecule has 0 saturated heterocycles. The Balaban J connectivity index is 0.00000312. The summed E-state index contributed by atoms with van der Waals surface area (Å²) in [5.41, 5.74) is 6.32. The van der Waals surface area contributed by atoms with Gasteiger partial charge in [0.25, 0.3) is 0 Å². The van der Waals surface area contributed by atoms with Crippen molar-refractivity contribution in [2.45, 2.75) is 32.9 Å². The molecule has 0 aliphatic carbocycles.